The molecule has 0 amide bonds. The summed E-state index contributed by atoms with van der Waals surface area (Å²) in [5.74, 6) is 2.83. The molecule has 1 aliphatic rings. The van der Waals surface area contributed by atoms with Gasteiger partial charge in [-0.3, -0.25) is 0 Å². The smallest absolute Gasteiger partial charge is 0.228 e. The lowest BCUT2D eigenvalue weighted by Gasteiger charge is -2.22. The third-order valence-corrected chi connectivity index (χ3v) is 3.99. The first-order valence-electron chi connectivity index (χ1n) is 7.42. The number of nitrogens with two attached hydrogens (primary N) is 1. The summed E-state index contributed by atoms with van der Waals surface area (Å²) in [6.45, 7) is 4.77. The van der Waals surface area contributed by atoms with Gasteiger partial charge in [0.2, 0.25) is 5.89 Å². The molecule has 0 bridgehead atoms. The van der Waals surface area contributed by atoms with Crippen LogP contribution in [0, 0.1) is 5.92 Å². The zero-order valence-electron chi connectivity index (χ0n) is 12.5. The van der Waals surface area contributed by atoms with E-state index in [1.165, 1.54) is 5.56 Å². The average molecular weight is 287 g/mol. The minimum absolute atomic E-state index is 0.0432. The molecule has 0 saturated carbocycles. The maximum absolute atomic E-state index is 6.05. The van der Waals surface area contributed by atoms with Crippen molar-refractivity contribution in [3.8, 4) is 5.75 Å². The molecule has 2 atom stereocenters. The van der Waals surface area contributed by atoms with Crippen LogP contribution in [0.5, 0.6) is 5.75 Å². The molecule has 1 aromatic heterocycles. The highest BCUT2D eigenvalue weighted by Crippen LogP contribution is 2.31. The molecule has 0 fully saturated rings. The summed E-state index contributed by atoms with van der Waals surface area (Å²) in [5.41, 5.74) is 7.24. The van der Waals surface area contributed by atoms with Gasteiger partial charge < -0.3 is 15.0 Å². The summed E-state index contributed by atoms with van der Waals surface area (Å²) >= 11 is 0. The number of rotatable bonds is 4. The molecular weight excluding hydrogens is 266 g/mol. The first kappa shape index (κ1) is 14.1. The molecule has 0 spiro atoms. The zero-order valence-corrected chi connectivity index (χ0v) is 12.5. The van der Waals surface area contributed by atoms with E-state index in [9.17, 15) is 0 Å². The Bertz CT molecular complexity index is 609. The van der Waals surface area contributed by atoms with Gasteiger partial charge in [0, 0.05) is 12.5 Å². The number of nitrogens with zero attached hydrogens (tertiary/aromatic N) is 2. The number of hydrogen-bond acceptors (Lipinski definition) is 5. The molecule has 0 saturated heterocycles. The summed E-state index contributed by atoms with van der Waals surface area (Å²) in [6.07, 6.45) is 1.50. The highest BCUT2D eigenvalue weighted by Gasteiger charge is 2.25. The van der Waals surface area contributed by atoms with Crippen molar-refractivity contribution in [1.29, 1.82) is 0 Å². The second kappa shape index (κ2) is 5.85. The van der Waals surface area contributed by atoms with E-state index in [-0.39, 0.29) is 12.0 Å². The van der Waals surface area contributed by atoms with Gasteiger partial charge in [0.1, 0.15) is 5.75 Å². The summed E-state index contributed by atoms with van der Waals surface area (Å²) in [7, 11) is 0. The van der Waals surface area contributed by atoms with Gasteiger partial charge in [-0.1, -0.05) is 37.2 Å². The highest BCUT2D eigenvalue weighted by atomic mass is 16.5. The molecule has 3 rings (SSSR count). The Kier molecular flexibility index (Phi) is 3.92. The van der Waals surface area contributed by atoms with E-state index in [0.717, 1.165) is 18.0 Å². The monoisotopic (exact) mass is 287 g/mol. The first-order chi connectivity index (χ1) is 10.1. The van der Waals surface area contributed by atoms with Gasteiger partial charge in [-0.2, -0.15) is 4.98 Å². The van der Waals surface area contributed by atoms with Crippen LogP contribution in [0.4, 0.5) is 0 Å². The standard InChI is InChI=1S/C16H21N3O2/c1-10(2)13(17)8-15-18-16(19-21-15)12-7-11-5-3-4-6-14(11)20-9-12/h3-6,10,12-13H,7-9,17H2,1-2H3. The maximum atomic E-state index is 6.05. The van der Waals surface area contributed by atoms with Crippen molar-refractivity contribution in [2.45, 2.75) is 38.6 Å². The molecule has 0 aliphatic carbocycles. The second-order valence-electron chi connectivity index (χ2n) is 5.98. The molecule has 21 heavy (non-hydrogen) atoms. The van der Waals surface area contributed by atoms with Crippen molar-refractivity contribution in [3.63, 3.8) is 0 Å². The van der Waals surface area contributed by atoms with E-state index in [4.69, 9.17) is 15.0 Å². The predicted molar refractivity (Wildman–Crippen MR) is 79.2 cm³/mol. The van der Waals surface area contributed by atoms with Gasteiger partial charge in [-0.05, 0) is 24.0 Å². The Morgan fingerprint density at radius 2 is 2.14 bits per heavy atom. The van der Waals surface area contributed by atoms with Gasteiger partial charge in [-0.25, -0.2) is 0 Å². The summed E-state index contributed by atoms with van der Waals surface area (Å²) < 4.78 is 11.1. The third-order valence-electron chi connectivity index (χ3n) is 3.99. The Morgan fingerprint density at radius 1 is 1.33 bits per heavy atom. The fourth-order valence-electron chi connectivity index (χ4n) is 2.45. The Morgan fingerprint density at radius 3 is 2.95 bits per heavy atom. The first-order valence-corrected chi connectivity index (χ1v) is 7.42. The zero-order chi connectivity index (χ0) is 14.8. The van der Waals surface area contributed by atoms with Gasteiger partial charge in [0.25, 0.3) is 0 Å². The number of benzene rings is 1. The molecule has 0 radical (unpaired) electrons. The second-order valence-corrected chi connectivity index (χ2v) is 5.98. The van der Waals surface area contributed by atoms with Crippen LogP contribution in [0.15, 0.2) is 28.8 Å². The van der Waals surface area contributed by atoms with Gasteiger partial charge >= 0.3 is 0 Å². The quantitative estimate of drug-likeness (QED) is 0.934. The lowest BCUT2D eigenvalue weighted by atomic mass is 9.96. The normalized spacial score (nSPS) is 19.1. The van der Waals surface area contributed by atoms with Gasteiger partial charge in [0.15, 0.2) is 5.82 Å². The Labute approximate surface area is 124 Å². The lowest BCUT2D eigenvalue weighted by molar-refractivity contribution is 0.253. The fraction of sp³-hybridized carbons (Fsp3) is 0.500. The molecule has 5 heteroatoms. The van der Waals surface area contributed by atoms with Crippen molar-refractivity contribution >= 4 is 0 Å². The molecule has 112 valence electrons. The van der Waals surface area contributed by atoms with Crippen LogP contribution in [0.2, 0.25) is 0 Å². The van der Waals surface area contributed by atoms with E-state index in [0.29, 0.717) is 24.8 Å². The van der Waals surface area contributed by atoms with E-state index in [2.05, 4.69) is 30.1 Å². The maximum Gasteiger partial charge on any atom is 0.228 e. The topological polar surface area (TPSA) is 74.2 Å². The van der Waals surface area contributed by atoms with Crippen molar-refractivity contribution < 1.29 is 9.26 Å². The Balaban J connectivity index is 1.70. The van der Waals surface area contributed by atoms with Crippen LogP contribution in [0.1, 0.15) is 37.0 Å². The van der Waals surface area contributed by atoms with Crippen LogP contribution in [-0.4, -0.2) is 22.8 Å². The molecule has 1 aliphatic heterocycles. The van der Waals surface area contributed by atoms with E-state index in [1.54, 1.807) is 0 Å². The molecule has 5 nitrogen and oxygen atoms in total. The predicted octanol–water partition coefficient (Wildman–Crippen LogP) is 2.31. The number of ether oxygens (including phenoxy) is 1. The van der Waals surface area contributed by atoms with Crippen LogP contribution in [0.3, 0.4) is 0 Å². The molecule has 2 aromatic rings. The lowest BCUT2D eigenvalue weighted by Crippen LogP contribution is -2.28. The summed E-state index contributed by atoms with van der Waals surface area (Å²) in [4.78, 5) is 4.49. The number of para-hydroxylation sites is 1. The minimum atomic E-state index is 0.0432. The van der Waals surface area contributed by atoms with Crippen LogP contribution in [0.25, 0.3) is 0 Å². The average Bonchev–Trinajstić information content (AvgIpc) is 2.95. The minimum Gasteiger partial charge on any atom is -0.493 e. The van der Waals surface area contributed by atoms with Crippen molar-refractivity contribution in [3.05, 3.63) is 41.5 Å². The third kappa shape index (κ3) is 3.08. The molecular formula is C16H21N3O2. The van der Waals surface area contributed by atoms with Gasteiger partial charge in [0.05, 0.1) is 12.5 Å². The van der Waals surface area contributed by atoms with Crippen LogP contribution < -0.4 is 10.5 Å². The van der Waals surface area contributed by atoms with E-state index in [1.807, 2.05) is 18.2 Å². The van der Waals surface area contributed by atoms with Crippen LogP contribution >= 0.6 is 0 Å². The van der Waals surface area contributed by atoms with Crippen molar-refractivity contribution in [2.24, 2.45) is 11.7 Å². The number of aromatic nitrogens is 2. The van der Waals surface area contributed by atoms with E-state index < -0.39 is 0 Å². The fourth-order valence-corrected chi connectivity index (χ4v) is 2.45. The largest absolute Gasteiger partial charge is 0.493 e. The summed E-state index contributed by atoms with van der Waals surface area (Å²) in [6, 6.07) is 8.13. The molecule has 2 unspecified atom stereocenters. The Hall–Kier alpha value is -1.88. The summed E-state index contributed by atoms with van der Waals surface area (Å²) in [5, 5.41) is 4.10. The van der Waals surface area contributed by atoms with E-state index >= 15 is 0 Å². The number of fused-ring (bicyclic) bond motifs is 1. The molecule has 2 N–H and O–H groups in total. The number of hydrogen-bond donors (Lipinski definition) is 1. The SMILES string of the molecule is CC(C)C(N)Cc1nc(C2COc3ccccc3C2)no1. The molecule has 2 heterocycles. The van der Waals surface area contributed by atoms with Gasteiger partial charge in [-0.15, -0.1) is 0 Å². The van der Waals surface area contributed by atoms with Crippen molar-refractivity contribution in [2.75, 3.05) is 6.61 Å². The molecule has 1 aromatic carbocycles. The van der Waals surface area contributed by atoms with Crippen molar-refractivity contribution in [1.82, 2.24) is 10.1 Å². The highest BCUT2D eigenvalue weighted by molar-refractivity contribution is 5.36. The van der Waals surface area contributed by atoms with Crippen LogP contribution in [-0.2, 0) is 12.8 Å².